The number of Topliss-reactive ketones (excluding diaryl/α,β-unsaturated/α-hetero) is 1. The highest BCUT2D eigenvalue weighted by molar-refractivity contribution is 6.02. The van der Waals surface area contributed by atoms with E-state index in [-0.39, 0.29) is 34.7 Å². The molecule has 1 aliphatic rings. The van der Waals surface area contributed by atoms with E-state index >= 15 is 4.39 Å². The Morgan fingerprint density at radius 2 is 1.91 bits per heavy atom. The van der Waals surface area contributed by atoms with Gasteiger partial charge in [-0.05, 0) is 56.2 Å². The van der Waals surface area contributed by atoms with Crippen LogP contribution in [0, 0.1) is 12.7 Å². The van der Waals surface area contributed by atoms with E-state index in [9.17, 15) is 9.59 Å². The van der Waals surface area contributed by atoms with Crippen molar-refractivity contribution in [1.82, 2.24) is 19.9 Å². The van der Waals surface area contributed by atoms with Crippen molar-refractivity contribution in [3.05, 3.63) is 71.4 Å². The molecule has 0 atom stereocenters. The summed E-state index contributed by atoms with van der Waals surface area (Å²) in [6.07, 6.45) is 2.53. The molecule has 0 spiro atoms. The molecular formula is C26H24FN5O3. The van der Waals surface area contributed by atoms with E-state index in [4.69, 9.17) is 4.74 Å². The molecule has 5 rings (SSSR count). The fourth-order valence-corrected chi connectivity index (χ4v) is 4.01. The first kappa shape index (κ1) is 22.5. The summed E-state index contributed by atoms with van der Waals surface area (Å²) in [5.74, 6) is -0.563. The smallest absolute Gasteiger partial charge is 0.263 e. The van der Waals surface area contributed by atoms with E-state index in [0.29, 0.717) is 36.1 Å². The molecule has 8 nitrogen and oxygen atoms in total. The molecule has 0 radical (unpaired) electrons. The lowest BCUT2D eigenvalue weighted by molar-refractivity contribution is -0.116. The third kappa shape index (κ3) is 4.57. The molecule has 1 aliphatic heterocycles. The summed E-state index contributed by atoms with van der Waals surface area (Å²) in [7, 11) is 0. The predicted molar refractivity (Wildman–Crippen MR) is 130 cm³/mol. The number of carbonyl (C=O) groups is 2. The summed E-state index contributed by atoms with van der Waals surface area (Å²) < 4.78 is 21.1. The van der Waals surface area contributed by atoms with E-state index in [1.165, 1.54) is 12.4 Å². The summed E-state index contributed by atoms with van der Waals surface area (Å²) in [6.45, 7) is 4.63. The molecular weight excluding hydrogens is 449 g/mol. The SMILES string of the molecule is CC(=O)Cc1ccc(Nc2ncnc(Oc3ccc4[nH]c(C)cc4c3F)c2C(=O)N2CCC2)cc1. The van der Waals surface area contributed by atoms with Crippen molar-refractivity contribution in [2.45, 2.75) is 26.7 Å². The third-order valence-electron chi connectivity index (χ3n) is 5.88. The number of carbonyl (C=O) groups excluding carboxylic acids is 2. The molecule has 1 fully saturated rings. The second-order valence-electron chi connectivity index (χ2n) is 8.64. The molecule has 0 saturated carbocycles. The van der Waals surface area contributed by atoms with E-state index < -0.39 is 5.82 Å². The number of ketones is 1. The van der Waals surface area contributed by atoms with Crippen LogP contribution in [0.25, 0.3) is 10.9 Å². The van der Waals surface area contributed by atoms with Crippen LogP contribution in [-0.2, 0) is 11.2 Å². The van der Waals surface area contributed by atoms with E-state index in [1.54, 1.807) is 36.1 Å². The monoisotopic (exact) mass is 473 g/mol. The summed E-state index contributed by atoms with van der Waals surface area (Å²) >= 11 is 0. The van der Waals surface area contributed by atoms with Crippen molar-refractivity contribution in [3.63, 3.8) is 0 Å². The largest absolute Gasteiger partial charge is 0.435 e. The Kier molecular flexibility index (Phi) is 5.90. The van der Waals surface area contributed by atoms with Crippen LogP contribution in [0.2, 0.25) is 0 Å². The first-order valence-corrected chi connectivity index (χ1v) is 11.3. The maximum Gasteiger partial charge on any atom is 0.263 e. The number of fused-ring (bicyclic) bond motifs is 1. The summed E-state index contributed by atoms with van der Waals surface area (Å²) in [5.41, 5.74) is 3.17. The number of halogens is 1. The van der Waals surface area contributed by atoms with Gasteiger partial charge in [-0.2, -0.15) is 0 Å². The van der Waals surface area contributed by atoms with Crippen LogP contribution < -0.4 is 10.1 Å². The normalized spacial score (nSPS) is 12.9. The number of aryl methyl sites for hydroxylation is 1. The minimum atomic E-state index is -0.539. The van der Waals surface area contributed by atoms with E-state index in [2.05, 4.69) is 20.3 Å². The summed E-state index contributed by atoms with van der Waals surface area (Å²) in [4.78, 5) is 37.9. The number of amides is 1. The Hall–Kier alpha value is -4.27. The maximum atomic E-state index is 15.2. The van der Waals surface area contributed by atoms with Gasteiger partial charge in [-0.25, -0.2) is 14.4 Å². The van der Waals surface area contributed by atoms with Crippen LogP contribution in [0.4, 0.5) is 15.9 Å². The number of nitrogens with zero attached hydrogens (tertiary/aromatic N) is 3. The van der Waals surface area contributed by atoms with E-state index in [0.717, 1.165) is 17.7 Å². The summed E-state index contributed by atoms with van der Waals surface area (Å²) in [5, 5.41) is 3.55. The first-order chi connectivity index (χ1) is 16.9. The van der Waals surface area contributed by atoms with Crippen molar-refractivity contribution in [2.24, 2.45) is 0 Å². The second-order valence-corrected chi connectivity index (χ2v) is 8.64. The number of rotatable bonds is 7. The molecule has 0 unspecified atom stereocenters. The van der Waals surface area contributed by atoms with Gasteiger partial charge in [0.2, 0.25) is 5.88 Å². The standard InChI is InChI=1S/C26H24FN5O3/c1-15-12-19-20(30-15)8-9-21(23(19)27)35-25-22(26(34)32-10-3-11-32)24(28-14-29-25)31-18-6-4-17(5-7-18)13-16(2)33/h4-9,12,14,30H,3,10-11,13H2,1-2H3,(H,28,29,31). The lowest BCUT2D eigenvalue weighted by Gasteiger charge is -2.31. The molecule has 3 heterocycles. The highest BCUT2D eigenvalue weighted by Gasteiger charge is 2.29. The van der Waals surface area contributed by atoms with Crippen molar-refractivity contribution in [3.8, 4) is 11.6 Å². The van der Waals surface area contributed by atoms with Gasteiger partial charge in [0, 0.05) is 41.8 Å². The van der Waals surface area contributed by atoms with Crippen LogP contribution >= 0.6 is 0 Å². The minimum absolute atomic E-state index is 0.0295. The van der Waals surface area contributed by atoms with Gasteiger partial charge in [-0.3, -0.25) is 9.59 Å². The van der Waals surface area contributed by atoms with E-state index in [1.807, 2.05) is 19.1 Å². The van der Waals surface area contributed by atoms with Crippen molar-refractivity contribution in [2.75, 3.05) is 18.4 Å². The zero-order valence-electron chi connectivity index (χ0n) is 19.4. The highest BCUT2D eigenvalue weighted by atomic mass is 19.1. The van der Waals surface area contributed by atoms with Crippen LogP contribution in [0.1, 0.15) is 35.0 Å². The second kappa shape index (κ2) is 9.17. The number of hydrogen-bond acceptors (Lipinski definition) is 6. The van der Waals surface area contributed by atoms with Gasteiger partial charge in [-0.1, -0.05) is 12.1 Å². The molecule has 4 aromatic rings. The molecule has 2 N–H and O–H groups in total. The van der Waals surface area contributed by atoms with Gasteiger partial charge in [0.15, 0.2) is 17.4 Å². The van der Waals surface area contributed by atoms with Crippen molar-refractivity contribution >= 4 is 34.1 Å². The van der Waals surface area contributed by atoms with Crippen LogP contribution in [0.5, 0.6) is 11.6 Å². The number of benzene rings is 2. The first-order valence-electron chi connectivity index (χ1n) is 11.3. The predicted octanol–water partition coefficient (Wildman–Crippen LogP) is 4.92. The maximum absolute atomic E-state index is 15.2. The molecule has 0 bridgehead atoms. The number of ether oxygens (including phenoxy) is 1. The van der Waals surface area contributed by atoms with Gasteiger partial charge in [0.25, 0.3) is 5.91 Å². The molecule has 9 heteroatoms. The number of anilines is 2. The van der Waals surface area contributed by atoms with Gasteiger partial charge in [0.05, 0.1) is 0 Å². The number of likely N-dealkylation sites (tertiary alicyclic amines) is 1. The van der Waals surface area contributed by atoms with Gasteiger partial charge in [-0.15, -0.1) is 0 Å². The summed E-state index contributed by atoms with van der Waals surface area (Å²) in [6, 6.07) is 12.2. The van der Waals surface area contributed by atoms with Crippen molar-refractivity contribution in [1.29, 1.82) is 0 Å². The molecule has 2 aromatic carbocycles. The Morgan fingerprint density at radius 3 is 2.60 bits per heavy atom. The Balaban J connectivity index is 1.50. The topological polar surface area (TPSA) is 100 Å². The van der Waals surface area contributed by atoms with Crippen molar-refractivity contribution < 1.29 is 18.7 Å². The highest BCUT2D eigenvalue weighted by Crippen LogP contribution is 2.34. The zero-order valence-corrected chi connectivity index (χ0v) is 19.4. The number of aromatic amines is 1. The lowest BCUT2D eigenvalue weighted by Crippen LogP contribution is -2.42. The Bertz CT molecular complexity index is 1430. The van der Waals surface area contributed by atoms with Crippen LogP contribution in [0.15, 0.2) is 48.8 Å². The van der Waals surface area contributed by atoms with Gasteiger partial charge < -0.3 is 19.9 Å². The molecule has 35 heavy (non-hydrogen) atoms. The van der Waals surface area contributed by atoms with Crippen LogP contribution in [0.3, 0.4) is 0 Å². The third-order valence-corrected chi connectivity index (χ3v) is 5.88. The number of aromatic nitrogens is 3. The quantitative estimate of drug-likeness (QED) is 0.395. The molecule has 1 amide bonds. The average molecular weight is 474 g/mol. The molecule has 0 aliphatic carbocycles. The van der Waals surface area contributed by atoms with Crippen LogP contribution in [-0.4, -0.2) is 44.6 Å². The molecule has 2 aromatic heterocycles. The lowest BCUT2D eigenvalue weighted by atomic mass is 10.1. The van der Waals surface area contributed by atoms with Gasteiger partial charge >= 0.3 is 0 Å². The minimum Gasteiger partial charge on any atom is -0.435 e. The Labute approximate surface area is 201 Å². The fraction of sp³-hybridized carbons (Fsp3) is 0.231. The molecule has 178 valence electrons. The molecule has 1 saturated heterocycles. The number of nitrogens with one attached hydrogen (secondary N) is 2. The number of hydrogen-bond donors (Lipinski definition) is 2. The average Bonchev–Trinajstić information content (AvgIpc) is 3.17. The fourth-order valence-electron chi connectivity index (χ4n) is 4.01. The van der Waals surface area contributed by atoms with Gasteiger partial charge in [0.1, 0.15) is 17.7 Å². The Morgan fingerprint density at radius 1 is 1.14 bits per heavy atom. The zero-order chi connectivity index (χ0) is 24.5. The number of H-pyrrole nitrogens is 1.